The van der Waals surface area contributed by atoms with Gasteiger partial charge in [0.15, 0.2) is 0 Å². The molecule has 25 heavy (non-hydrogen) atoms. The van der Waals surface area contributed by atoms with Crippen LogP contribution in [0.4, 0.5) is 0 Å². The number of hydrogen-bond acceptors (Lipinski definition) is 5. The van der Waals surface area contributed by atoms with Crippen LogP contribution in [-0.4, -0.2) is 59.5 Å². The molecule has 2 rings (SSSR count). The van der Waals surface area contributed by atoms with Crippen molar-refractivity contribution in [3.63, 3.8) is 0 Å². The van der Waals surface area contributed by atoms with E-state index >= 15 is 0 Å². The number of rotatable bonds is 6. The molecular weight excluding hydrogens is 366 g/mol. The second kappa shape index (κ2) is 9.19. The van der Waals surface area contributed by atoms with Crippen LogP contribution in [0.5, 0.6) is 5.75 Å². The van der Waals surface area contributed by atoms with Crippen LogP contribution >= 0.6 is 12.4 Å². The summed E-state index contributed by atoms with van der Waals surface area (Å²) in [6.07, 6.45) is 2.95. The molecule has 140 valence electrons. The molecule has 0 bridgehead atoms. The quantitative estimate of drug-likeness (QED) is 0.709. The fourth-order valence-corrected chi connectivity index (χ4v) is 3.42. The monoisotopic (exact) mass is 389 g/mol. The van der Waals surface area contributed by atoms with Gasteiger partial charge in [-0.1, -0.05) is 11.6 Å². The van der Waals surface area contributed by atoms with E-state index in [1.54, 1.807) is 6.07 Å². The smallest absolute Gasteiger partial charge is 0.251 e. The molecule has 1 aromatic carbocycles. The fourth-order valence-electron chi connectivity index (χ4n) is 2.34. The zero-order chi connectivity index (χ0) is 17.7. The summed E-state index contributed by atoms with van der Waals surface area (Å²) < 4.78 is 31.0. The van der Waals surface area contributed by atoms with Gasteiger partial charge in [0.25, 0.3) is 5.91 Å². The molecule has 7 nitrogen and oxygen atoms in total. The summed E-state index contributed by atoms with van der Waals surface area (Å²) in [5.41, 5.74) is 1.45. The lowest BCUT2D eigenvalue weighted by molar-refractivity contribution is 0.0956. The fraction of sp³-hybridized carbons (Fsp3) is 0.438. The number of sulfonamides is 1. The summed E-state index contributed by atoms with van der Waals surface area (Å²) in [6.45, 7) is 2.16. The third kappa shape index (κ3) is 5.18. The van der Waals surface area contributed by atoms with Gasteiger partial charge >= 0.3 is 0 Å². The molecule has 1 aliphatic heterocycles. The minimum absolute atomic E-state index is 0. The highest BCUT2D eigenvalue weighted by molar-refractivity contribution is 7.89. The maximum absolute atomic E-state index is 12.4. The molecule has 0 fully saturated rings. The summed E-state index contributed by atoms with van der Waals surface area (Å²) in [6, 6.07) is 4.40. The number of benzene rings is 1. The lowest BCUT2D eigenvalue weighted by atomic mass is 10.1. The lowest BCUT2D eigenvalue weighted by Gasteiger charge is -2.16. The van der Waals surface area contributed by atoms with Gasteiger partial charge in [0.1, 0.15) is 10.6 Å². The van der Waals surface area contributed by atoms with Crippen LogP contribution in [0.2, 0.25) is 0 Å². The highest BCUT2D eigenvalue weighted by Crippen LogP contribution is 2.26. The standard InChI is InChI=1S/C16H23N3O4S.ClH/c1-19(2)24(21,22)15-10-13(4-5-14(15)23-3)16(20)18-11-12-6-8-17-9-7-12;/h4-6,10,17H,7-9,11H2,1-3H3,(H,18,20);1H. The Labute approximate surface area is 154 Å². The molecule has 1 aromatic rings. The predicted molar refractivity (Wildman–Crippen MR) is 99.0 cm³/mol. The van der Waals surface area contributed by atoms with E-state index in [1.165, 1.54) is 33.3 Å². The first-order valence-electron chi connectivity index (χ1n) is 7.63. The summed E-state index contributed by atoms with van der Waals surface area (Å²) in [7, 11) is 0.565. The highest BCUT2D eigenvalue weighted by Gasteiger charge is 2.23. The molecule has 0 aromatic heterocycles. The van der Waals surface area contributed by atoms with E-state index < -0.39 is 10.0 Å². The Bertz CT molecular complexity index is 748. The van der Waals surface area contributed by atoms with E-state index in [0.717, 1.165) is 29.4 Å². The lowest BCUT2D eigenvalue weighted by Crippen LogP contribution is -2.30. The average Bonchev–Trinajstić information content (AvgIpc) is 2.59. The maximum Gasteiger partial charge on any atom is 0.251 e. The number of nitrogens with one attached hydrogen (secondary N) is 2. The summed E-state index contributed by atoms with van der Waals surface area (Å²) in [5.74, 6) is -0.103. The summed E-state index contributed by atoms with van der Waals surface area (Å²) in [5, 5.41) is 6.04. The number of carbonyl (C=O) groups is 1. The van der Waals surface area contributed by atoms with Gasteiger partial charge in [-0.3, -0.25) is 4.79 Å². The van der Waals surface area contributed by atoms with Crippen molar-refractivity contribution in [2.75, 3.05) is 40.8 Å². The predicted octanol–water partition coefficient (Wildman–Crippen LogP) is 1.02. The number of halogens is 1. The van der Waals surface area contributed by atoms with Gasteiger partial charge in [0, 0.05) is 32.7 Å². The van der Waals surface area contributed by atoms with Crippen LogP contribution in [0.25, 0.3) is 0 Å². The Morgan fingerprint density at radius 1 is 1.36 bits per heavy atom. The Morgan fingerprint density at radius 2 is 2.08 bits per heavy atom. The molecule has 1 amide bonds. The second-order valence-electron chi connectivity index (χ2n) is 5.65. The molecular formula is C16H24ClN3O4S. The van der Waals surface area contributed by atoms with E-state index in [-0.39, 0.29) is 34.5 Å². The molecule has 9 heteroatoms. The van der Waals surface area contributed by atoms with Crippen LogP contribution in [-0.2, 0) is 10.0 Å². The van der Waals surface area contributed by atoms with Gasteiger partial charge < -0.3 is 15.4 Å². The van der Waals surface area contributed by atoms with Crippen molar-refractivity contribution in [2.24, 2.45) is 0 Å². The first kappa shape index (κ1) is 21.4. The molecule has 1 aliphatic rings. The van der Waals surface area contributed by atoms with E-state index in [0.29, 0.717) is 6.54 Å². The van der Waals surface area contributed by atoms with Crippen LogP contribution in [0, 0.1) is 0 Å². The first-order chi connectivity index (χ1) is 11.4. The normalized spacial score (nSPS) is 14.5. The van der Waals surface area contributed by atoms with Crippen LogP contribution in [0.1, 0.15) is 16.8 Å². The second-order valence-corrected chi connectivity index (χ2v) is 7.77. The topological polar surface area (TPSA) is 87.7 Å². The molecule has 0 saturated heterocycles. The van der Waals surface area contributed by atoms with Crippen molar-refractivity contribution in [3.05, 3.63) is 35.4 Å². The van der Waals surface area contributed by atoms with Crippen molar-refractivity contribution in [3.8, 4) is 5.75 Å². The molecule has 2 N–H and O–H groups in total. The largest absolute Gasteiger partial charge is 0.495 e. The molecule has 0 atom stereocenters. The average molecular weight is 390 g/mol. The van der Waals surface area contributed by atoms with Crippen LogP contribution < -0.4 is 15.4 Å². The van der Waals surface area contributed by atoms with Gasteiger partial charge in [-0.25, -0.2) is 12.7 Å². The summed E-state index contributed by atoms with van der Waals surface area (Å²) in [4.78, 5) is 12.3. The SMILES string of the molecule is COc1ccc(C(=O)NCC2=CCNCC2)cc1S(=O)(=O)N(C)C.Cl. The molecule has 0 saturated carbocycles. The van der Waals surface area contributed by atoms with Gasteiger partial charge in [0.05, 0.1) is 7.11 Å². The van der Waals surface area contributed by atoms with E-state index in [9.17, 15) is 13.2 Å². The molecule has 0 spiro atoms. The van der Waals surface area contributed by atoms with Crippen molar-refractivity contribution in [2.45, 2.75) is 11.3 Å². The molecule has 0 radical (unpaired) electrons. The zero-order valence-electron chi connectivity index (χ0n) is 14.5. The van der Waals surface area contributed by atoms with Crippen molar-refractivity contribution in [1.82, 2.24) is 14.9 Å². The minimum Gasteiger partial charge on any atom is -0.495 e. The number of carbonyl (C=O) groups excluding carboxylic acids is 1. The zero-order valence-corrected chi connectivity index (χ0v) is 16.2. The minimum atomic E-state index is -3.70. The van der Waals surface area contributed by atoms with Crippen molar-refractivity contribution < 1.29 is 17.9 Å². The van der Waals surface area contributed by atoms with Gasteiger partial charge in [-0.15, -0.1) is 12.4 Å². The third-order valence-corrected chi connectivity index (χ3v) is 5.65. The molecule has 1 heterocycles. The Hall–Kier alpha value is -1.61. The van der Waals surface area contributed by atoms with Gasteiger partial charge in [-0.05, 0) is 31.2 Å². The number of hydrogen-bond donors (Lipinski definition) is 2. The maximum atomic E-state index is 12.4. The number of nitrogens with zero attached hydrogens (tertiary/aromatic N) is 1. The van der Waals surface area contributed by atoms with E-state index in [1.807, 2.05) is 0 Å². The summed E-state index contributed by atoms with van der Waals surface area (Å²) >= 11 is 0. The Morgan fingerprint density at radius 3 is 2.64 bits per heavy atom. The van der Waals surface area contributed by atoms with Crippen LogP contribution in [0.3, 0.4) is 0 Å². The third-order valence-electron chi connectivity index (χ3n) is 3.82. The Balaban J connectivity index is 0.00000312. The van der Waals surface area contributed by atoms with Crippen molar-refractivity contribution >= 4 is 28.3 Å². The Kier molecular flexibility index (Phi) is 7.88. The van der Waals surface area contributed by atoms with Gasteiger partial charge in [-0.2, -0.15) is 0 Å². The molecule has 0 unspecified atom stereocenters. The van der Waals surface area contributed by atoms with Crippen molar-refractivity contribution in [1.29, 1.82) is 0 Å². The number of amides is 1. The van der Waals surface area contributed by atoms with E-state index in [4.69, 9.17) is 4.74 Å². The van der Waals surface area contributed by atoms with E-state index in [2.05, 4.69) is 16.7 Å². The highest BCUT2D eigenvalue weighted by atomic mass is 35.5. The van der Waals surface area contributed by atoms with Gasteiger partial charge in [0.2, 0.25) is 10.0 Å². The number of methoxy groups -OCH3 is 1. The van der Waals surface area contributed by atoms with Crippen LogP contribution in [0.15, 0.2) is 34.7 Å². The number of ether oxygens (including phenoxy) is 1. The molecule has 0 aliphatic carbocycles. The first-order valence-corrected chi connectivity index (χ1v) is 9.07.